The second kappa shape index (κ2) is 6.75. The van der Waals surface area contributed by atoms with Gasteiger partial charge in [0.1, 0.15) is 6.04 Å². The smallest absolute Gasteiger partial charge is 0.323 e. The predicted molar refractivity (Wildman–Crippen MR) is 77.5 cm³/mol. The van der Waals surface area contributed by atoms with Crippen molar-refractivity contribution < 1.29 is 19.4 Å². The third kappa shape index (κ3) is 3.95. The van der Waals surface area contributed by atoms with Crippen molar-refractivity contribution in [2.24, 2.45) is 11.8 Å². The minimum atomic E-state index is -0.568. The first kappa shape index (κ1) is 16.2. The predicted octanol–water partition coefficient (Wildman–Crippen LogP) is 0.0991. The number of amides is 1. The number of methoxy groups -OCH3 is 1. The van der Waals surface area contributed by atoms with Crippen LogP contribution in [0.3, 0.4) is 0 Å². The van der Waals surface area contributed by atoms with E-state index in [2.05, 4.69) is 13.8 Å². The molecule has 2 aliphatic rings. The molecule has 0 aromatic carbocycles. The number of hydrogen-bond donors (Lipinski definition) is 1. The molecule has 2 fully saturated rings. The number of aliphatic hydroxyl groups excluding tert-OH is 1. The number of β-amino-alcohol motifs (C(OH)–C–C–N with tert-alkyl or cyclic N) is 1. The van der Waals surface area contributed by atoms with Crippen molar-refractivity contribution in [1.82, 2.24) is 9.80 Å². The van der Waals surface area contributed by atoms with Crippen molar-refractivity contribution in [2.75, 3.05) is 33.3 Å². The van der Waals surface area contributed by atoms with Crippen LogP contribution in [0.2, 0.25) is 0 Å². The minimum absolute atomic E-state index is 0.0383. The lowest BCUT2D eigenvalue weighted by Crippen LogP contribution is -2.49. The first-order valence-corrected chi connectivity index (χ1v) is 7.68. The number of likely N-dealkylation sites (tertiary alicyclic amines) is 2. The minimum Gasteiger partial charge on any atom is -0.468 e. The van der Waals surface area contributed by atoms with Gasteiger partial charge in [-0.05, 0) is 18.3 Å². The number of hydrogen-bond acceptors (Lipinski definition) is 5. The third-order valence-corrected chi connectivity index (χ3v) is 4.41. The van der Waals surface area contributed by atoms with Crippen LogP contribution in [0, 0.1) is 11.8 Å². The molecule has 2 saturated heterocycles. The van der Waals surface area contributed by atoms with Gasteiger partial charge in [0.05, 0.1) is 19.8 Å². The molecule has 6 nitrogen and oxygen atoms in total. The van der Waals surface area contributed by atoms with Crippen LogP contribution >= 0.6 is 0 Å². The molecule has 4 atom stereocenters. The summed E-state index contributed by atoms with van der Waals surface area (Å²) in [5.41, 5.74) is 0. The molecule has 1 amide bonds. The number of esters is 1. The Morgan fingerprint density at radius 3 is 2.33 bits per heavy atom. The van der Waals surface area contributed by atoms with Crippen molar-refractivity contribution in [2.45, 2.75) is 38.8 Å². The van der Waals surface area contributed by atoms with Crippen LogP contribution in [0.5, 0.6) is 0 Å². The van der Waals surface area contributed by atoms with Gasteiger partial charge in [-0.25, -0.2) is 0 Å². The summed E-state index contributed by atoms with van der Waals surface area (Å²) in [6, 6.07) is -0.506. The van der Waals surface area contributed by atoms with E-state index in [0.717, 1.165) is 19.5 Å². The van der Waals surface area contributed by atoms with Gasteiger partial charge < -0.3 is 14.7 Å². The van der Waals surface area contributed by atoms with Crippen LogP contribution in [0.4, 0.5) is 0 Å². The highest BCUT2D eigenvalue weighted by molar-refractivity contribution is 5.81. The largest absolute Gasteiger partial charge is 0.468 e. The second-order valence-electron chi connectivity index (χ2n) is 6.60. The first-order chi connectivity index (χ1) is 9.90. The summed E-state index contributed by atoms with van der Waals surface area (Å²) in [6.45, 7) is 6.41. The lowest BCUT2D eigenvalue weighted by molar-refractivity contribution is -0.147. The molecule has 0 radical (unpaired) electrons. The zero-order chi connectivity index (χ0) is 15.6. The highest BCUT2D eigenvalue weighted by atomic mass is 16.5. The van der Waals surface area contributed by atoms with Crippen molar-refractivity contribution in [1.29, 1.82) is 0 Å². The molecule has 120 valence electrons. The third-order valence-electron chi connectivity index (χ3n) is 4.41. The molecular formula is C15H26N2O4. The molecule has 0 bridgehead atoms. The Bertz CT molecular complexity index is 391. The van der Waals surface area contributed by atoms with Gasteiger partial charge in [-0.3, -0.25) is 14.5 Å². The molecule has 2 rings (SSSR count). The van der Waals surface area contributed by atoms with E-state index in [-0.39, 0.29) is 18.4 Å². The molecule has 21 heavy (non-hydrogen) atoms. The molecule has 0 spiro atoms. The normalized spacial score (nSPS) is 34.0. The quantitative estimate of drug-likeness (QED) is 0.748. The Morgan fingerprint density at radius 2 is 1.76 bits per heavy atom. The Labute approximate surface area is 126 Å². The number of rotatable bonds is 3. The van der Waals surface area contributed by atoms with E-state index in [1.54, 1.807) is 4.90 Å². The SMILES string of the molecule is COC(=O)C1CC(O)CN1CC(=O)N1CC(C)CC(C)C1. The van der Waals surface area contributed by atoms with Gasteiger partial charge in [0.15, 0.2) is 0 Å². The standard InChI is InChI=1S/C15H26N2O4/c1-10-4-11(2)7-17(6-10)14(19)9-16-8-12(18)5-13(16)15(20)21-3/h10-13,18H,4-9H2,1-3H3. The zero-order valence-corrected chi connectivity index (χ0v) is 13.1. The fourth-order valence-electron chi connectivity index (χ4n) is 3.58. The maximum absolute atomic E-state index is 12.5. The number of ether oxygens (including phenoxy) is 1. The van der Waals surface area contributed by atoms with Crippen molar-refractivity contribution in [3.05, 3.63) is 0 Å². The average molecular weight is 298 g/mol. The number of carbonyl (C=O) groups is 2. The van der Waals surface area contributed by atoms with Crippen LogP contribution in [-0.4, -0.2) is 72.2 Å². The highest BCUT2D eigenvalue weighted by Crippen LogP contribution is 2.23. The van der Waals surface area contributed by atoms with E-state index >= 15 is 0 Å². The Balaban J connectivity index is 1.96. The number of carbonyl (C=O) groups excluding carboxylic acids is 2. The number of piperidine rings is 1. The lowest BCUT2D eigenvalue weighted by Gasteiger charge is -2.36. The molecule has 0 aliphatic carbocycles. The van der Waals surface area contributed by atoms with Gasteiger partial charge in [-0.15, -0.1) is 0 Å². The fourth-order valence-corrected chi connectivity index (χ4v) is 3.58. The summed E-state index contributed by atoms with van der Waals surface area (Å²) in [5, 5.41) is 9.75. The van der Waals surface area contributed by atoms with Crippen molar-refractivity contribution in [3.8, 4) is 0 Å². The molecule has 0 aromatic heterocycles. The van der Waals surface area contributed by atoms with Gasteiger partial charge in [0, 0.05) is 26.1 Å². The van der Waals surface area contributed by atoms with E-state index < -0.39 is 12.1 Å². The molecule has 0 aromatic rings. The van der Waals surface area contributed by atoms with E-state index in [1.807, 2.05) is 4.90 Å². The molecule has 6 heteroatoms. The Morgan fingerprint density at radius 1 is 1.14 bits per heavy atom. The van der Waals surface area contributed by atoms with Gasteiger partial charge in [0.2, 0.25) is 5.91 Å². The van der Waals surface area contributed by atoms with Crippen LogP contribution in [0.25, 0.3) is 0 Å². The molecule has 2 aliphatic heterocycles. The first-order valence-electron chi connectivity index (χ1n) is 7.68. The van der Waals surface area contributed by atoms with E-state index in [1.165, 1.54) is 7.11 Å². The Kier molecular flexibility index (Phi) is 5.22. The van der Waals surface area contributed by atoms with E-state index in [0.29, 0.717) is 24.8 Å². The Hall–Kier alpha value is -1.14. The molecule has 4 unspecified atom stereocenters. The monoisotopic (exact) mass is 298 g/mol. The summed E-state index contributed by atoms with van der Waals surface area (Å²) < 4.78 is 4.76. The van der Waals surface area contributed by atoms with Crippen LogP contribution in [0.1, 0.15) is 26.7 Å². The van der Waals surface area contributed by atoms with E-state index in [4.69, 9.17) is 4.74 Å². The van der Waals surface area contributed by atoms with E-state index in [9.17, 15) is 14.7 Å². The maximum Gasteiger partial charge on any atom is 0.323 e. The zero-order valence-electron chi connectivity index (χ0n) is 13.1. The molecule has 2 heterocycles. The van der Waals surface area contributed by atoms with Crippen LogP contribution in [-0.2, 0) is 14.3 Å². The summed E-state index contributed by atoms with van der Waals surface area (Å²) in [6.07, 6.45) is 0.921. The highest BCUT2D eigenvalue weighted by Gasteiger charge is 2.38. The lowest BCUT2D eigenvalue weighted by atomic mass is 9.92. The maximum atomic E-state index is 12.5. The number of nitrogens with zero attached hydrogens (tertiary/aromatic N) is 2. The van der Waals surface area contributed by atoms with Gasteiger partial charge >= 0.3 is 5.97 Å². The number of aliphatic hydroxyl groups is 1. The van der Waals surface area contributed by atoms with Gasteiger partial charge in [0.25, 0.3) is 0 Å². The molecule has 1 N–H and O–H groups in total. The average Bonchev–Trinajstić information content (AvgIpc) is 2.77. The van der Waals surface area contributed by atoms with Crippen LogP contribution in [0.15, 0.2) is 0 Å². The summed E-state index contributed by atoms with van der Waals surface area (Å²) in [4.78, 5) is 27.8. The van der Waals surface area contributed by atoms with Crippen molar-refractivity contribution >= 4 is 11.9 Å². The summed E-state index contributed by atoms with van der Waals surface area (Å²) >= 11 is 0. The second-order valence-corrected chi connectivity index (χ2v) is 6.60. The fraction of sp³-hybridized carbons (Fsp3) is 0.867. The molecular weight excluding hydrogens is 272 g/mol. The molecule has 0 saturated carbocycles. The van der Waals surface area contributed by atoms with Gasteiger partial charge in [-0.2, -0.15) is 0 Å². The summed E-state index contributed by atoms with van der Waals surface area (Å²) in [5.74, 6) is 0.688. The van der Waals surface area contributed by atoms with Gasteiger partial charge in [-0.1, -0.05) is 13.8 Å². The van der Waals surface area contributed by atoms with Crippen LogP contribution < -0.4 is 0 Å². The van der Waals surface area contributed by atoms with Crippen molar-refractivity contribution in [3.63, 3.8) is 0 Å². The topological polar surface area (TPSA) is 70.1 Å². The summed E-state index contributed by atoms with van der Waals surface area (Å²) in [7, 11) is 1.33.